The predicted molar refractivity (Wildman–Crippen MR) is 103 cm³/mol. The summed E-state index contributed by atoms with van der Waals surface area (Å²) in [6.45, 7) is 5.85. The van der Waals surface area contributed by atoms with Gasteiger partial charge in [-0.15, -0.1) is 0 Å². The van der Waals surface area contributed by atoms with E-state index in [2.05, 4.69) is 32.8 Å². The Labute approximate surface area is 160 Å². The van der Waals surface area contributed by atoms with Crippen LogP contribution >= 0.6 is 0 Å². The Bertz CT molecular complexity index is 834. The molecule has 2 aromatic heterocycles. The lowest BCUT2D eigenvalue weighted by Crippen LogP contribution is -2.54. The Morgan fingerprint density at radius 2 is 1.93 bits per heavy atom. The van der Waals surface area contributed by atoms with Gasteiger partial charge in [-0.3, -0.25) is 19.6 Å². The molecule has 1 spiro atoms. The van der Waals surface area contributed by atoms with Gasteiger partial charge in [0.2, 0.25) is 5.91 Å². The normalized spacial score (nSPS) is 22.3. The molecule has 0 bridgehead atoms. The summed E-state index contributed by atoms with van der Waals surface area (Å²) in [5, 5.41) is 4.85. The van der Waals surface area contributed by atoms with Crippen molar-refractivity contribution in [3.05, 3.63) is 41.9 Å². The van der Waals surface area contributed by atoms with Crippen LogP contribution in [-0.2, 0) is 16.9 Å². The maximum Gasteiger partial charge on any atom is 0.230 e. The van der Waals surface area contributed by atoms with Crippen LogP contribution in [0.2, 0.25) is 0 Å². The zero-order valence-electron chi connectivity index (χ0n) is 16.0. The molecule has 1 saturated carbocycles. The highest BCUT2D eigenvalue weighted by Gasteiger charge is 2.46. The highest BCUT2D eigenvalue weighted by molar-refractivity contribution is 5.94. The van der Waals surface area contributed by atoms with Gasteiger partial charge in [0, 0.05) is 44.6 Å². The number of carbonyl (C=O) groups excluding carboxylic acids is 1. The first-order valence-corrected chi connectivity index (χ1v) is 10.1. The fraction of sp³-hybridized carbons (Fsp3) is 0.571. The number of fused-ring (bicyclic) bond motifs is 2. The Morgan fingerprint density at radius 1 is 1.19 bits per heavy atom. The maximum absolute atomic E-state index is 13.0. The van der Waals surface area contributed by atoms with Crippen molar-refractivity contribution < 1.29 is 4.79 Å². The highest BCUT2D eigenvalue weighted by atomic mass is 16.2. The van der Waals surface area contributed by atoms with Crippen molar-refractivity contribution in [2.24, 2.45) is 5.92 Å². The number of rotatable bonds is 4. The van der Waals surface area contributed by atoms with Crippen LogP contribution in [0.25, 0.3) is 0 Å². The Kier molecular flexibility index (Phi) is 4.04. The molecule has 4 heterocycles. The lowest BCUT2D eigenvalue weighted by Gasteiger charge is -2.46. The maximum atomic E-state index is 13.0. The van der Waals surface area contributed by atoms with Gasteiger partial charge in [0.05, 0.1) is 17.7 Å². The van der Waals surface area contributed by atoms with Crippen LogP contribution < -0.4 is 4.90 Å². The van der Waals surface area contributed by atoms with Crippen molar-refractivity contribution in [2.45, 2.75) is 51.1 Å². The van der Waals surface area contributed by atoms with Crippen molar-refractivity contribution in [1.82, 2.24) is 19.7 Å². The van der Waals surface area contributed by atoms with Crippen LogP contribution in [0, 0.1) is 12.8 Å². The molecule has 6 heteroatoms. The number of anilines is 1. The topological polar surface area (TPSA) is 54.3 Å². The van der Waals surface area contributed by atoms with E-state index in [9.17, 15) is 4.79 Å². The minimum Gasteiger partial charge on any atom is -0.299 e. The molecule has 2 aliphatic heterocycles. The Balaban J connectivity index is 1.36. The van der Waals surface area contributed by atoms with E-state index in [-0.39, 0.29) is 11.4 Å². The molecule has 1 saturated heterocycles. The van der Waals surface area contributed by atoms with Crippen LogP contribution in [0.4, 0.5) is 5.82 Å². The van der Waals surface area contributed by atoms with E-state index < -0.39 is 0 Å². The third-order valence-corrected chi connectivity index (χ3v) is 6.40. The molecule has 5 rings (SSSR count). The predicted octanol–water partition coefficient (Wildman–Crippen LogP) is 2.72. The second-order valence-electron chi connectivity index (χ2n) is 8.54. The summed E-state index contributed by atoms with van der Waals surface area (Å²) in [6.07, 6.45) is 8.78. The van der Waals surface area contributed by atoms with Gasteiger partial charge in [-0.2, -0.15) is 5.10 Å². The molecule has 0 aromatic carbocycles. The summed E-state index contributed by atoms with van der Waals surface area (Å²) >= 11 is 0. The first-order valence-electron chi connectivity index (χ1n) is 10.1. The summed E-state index contributed by atoms with van der Waals surface area (Å²) in [5.41, 5.74) is 2.17. The van der Waals surface area contributed by atoms with Crippen LogP contribution in [0.15, 0.2) is 30.6 Å². The van der Waals surface area contributed by atoms with Crippen molar-refractivity contribution in [3.63, 3.8) is 0 Å². The monoisotopic (exact) mass is 365 g/mol. The summed E-state index contributed by atoms with van der Waals surface area (Å²) in [7, 11) is 0. The average molecular weight is 365 g/mol. The third-order valence-electron chi connectivity index (χ3n) is 6.40. The number of pyridine rings is 1. The van der Waals surface area contributed by atoms with E-state index >= 15 is 0 Å². The molecule has 0 radical (unpaired) electrons. The number of hydrogen-bond acceptors (Lipinski definition) is 4. The molecule has 1 amide bonds. The van der Waals surface area contributed by atoms with Gasteiger partial charge >= 0.3 is 0 Å². The number of aromatic nitrogens is 3. The highest BCUT2D eigenvalue weighted by Crippen LogP contribution is 2.43. The van der Waals surface area contributed by atoms with Crippen LogP contribution in [-0.4, -0.2) is 45.2 Å². The van der Waals surface area contributed by atoms with Crippen molar-refractivity contribution in [1.29, 1.82) is 0 Å². The molecule has 0 N–H and O–H groups in total. The lowest BCUT2D eigenvalue weighted by molar-refractivity contribution is -0.123. The van der Waals surface area contributed by atoms with Crippen molar-refractivity contribution in [2.75, 3.05) is 24.5 Å². The second kappa shape index (κ2) is 6.44. The molecule has 6 nitrogen and oxygen atoms in total. The molecule has 0 atom stereocenters. The largest absolute Gasteiger partial charge is 0.299 e. The van der Waals surface area contributed by atoms with E-state index in [1.54, 1.807) is 0 Å². The number of amides is 1. The molecule has 142 valence electrons. The standard InChI is InChI=1S/C21H27N5O/c1-16-12-19-25(15-17-2-3-17)20(27)13-21(26(19)23-16)6-10-24(11-7-21)14-18-4-8-22-9-5-18/h4-5,8-9,12,17H,2-3,6-7,10-11,13-15H2,1H3. The lowest BCUT2D eigenvalue weighted by atomic mass is 9.82. The van der Waals surface area contributed by atoms with Crippen LogP contribution in [0.3, 0.4) is 0 Å². The smallest absolute Gasteiger partial charge is 0.230 e. The molecule has 2 aromatic rings. The van der Waals surface area contributed by atoms with Gasteiger partial charge in [0.25, 0.3) is 0 Å². The van der Waals surface area contributed by atoms with Crippen molar-refractivity contribution in [3.8, 4) is 0 Å². The number of nitrogens with zero attached hydrogens (tertiary/aromatic N) is 5. The minimum absolute atomic E-state index is 0.143. The van der Waals surface area contributed by atoms with E-state index in [1.165, 1.54) is 18.4 Å². The fourth-order valence-electron chi connectivity index (χ4n) is 4.62. The van der Waals surface area contributed by atoms with E-state index in [1.807, 2.05) is 24.2 Å². The Morgan fingerprint density at radius 3 is 2.63 bits per heavy atom. The van der Waals surface area contributed by atoms with Gasteiger partial charge in [0.1, 0.15) is 5.82 Å². The summed E-state index contributed by atoms with van der Waals surface area (Å²) in [6, 6.07) is 6.27. The van der Waals surface area contributed by atoms with Gasteiger partial charge in [-0.25, -0.2) is 4.68 Å². The SMILES string of the molecule is Cc1cc2n(n1)C1(CCN(Cc3ccncc3)CC1)CC(=O)N2CC1CC1. The third kappa shape index (κ3) is 3.16. The van der Waals surface area contributed by atoms with E-state index in [0.29, 0.717) is 12.3 Å². The molecule has 1 aliphatic carbocycles. The molecule has 27 heavy (non-hydrogen) atoms. The van der Waals surface area contributed by atoms with Gasteiger partial charge in [-0.05, 0) is 56.2 Å². The molecule has 3 aliphatic rings. The first kappa shape index (κ1) is 16.9. The fourth-order valence-corrected chi connectivity index (χ4v) is 4.62. The zero-order valence-corrected chi connectivity index (χ0v) is 16.0. The van der Waals surface area contributed by atoms with Gasteiger partial charge in [0.15, 0.2) is 0 Å². The molecular formula is C21H27N5O. The average Bonchev–Trinajstić information content (AvgIpc) is 3.40. The zero-order chi connectivity index (χ0) is 18.4. The van der Waals surface area contributed by atoms with Gasteiger partial charge in [-0.1, -0.05) is 0 Å². The number of carbonyl (C=O) groups is 1. The molecule has 0 unspecified atom stereocenters. The summed E-state index contributed by atoms with van der Waals surface area (Å²) in [4.78, 5) is 21.6. The minimum atomic E-state index is -0.143. The van der Waals surface area contributed by atoms with Gasteiger partial charge < -0.3 is 0 Å². The first-order chi connectivity index (χ1) is 13.1. The second-order valence-corrected chi connectivity index (χ2v) is 8.54. The van der Waals surface area contributed by atoms with Crippen molar-refractivity contribution >= 4 is 11.7 Å². The Hall–Kier alpha value is -2.21. The van der Waals surface area contributed by atoms with Crippen LogP contribution in [0.5, 0.6) is 0 Å². The number of likely N-dealkylation sites (tertiary alicyclic amines) is 1. The van der Waals surface area contributed by atoms with E-state index in [0.717, 1.165) is 50.5 Å². The quantitative estimate of drug-likeness (QED) is 0.836. The number of aryl methyl sites for hydroxylation is 1. The molecule has 2 fully saturated rings. The number of hydrogen-bond donors (Lipinski definition) is 0. The summed E-state index contributed by atoms with van der Waals surface area (Å²) in [5.74, 6) is 2.00. The van der Waals surface area contributed by atoms with E-state index in [4.69, 9.17) is 5.10 Å². The number of piperidine rings is 1. The van der Waals surface area contributed by atoms with Crippen LogP contribution in [0.1, 0.15) is 43.4 Å². The molecular weight excluding hydrogens is 338 g/mol. The summed E-state index contributed by atoms with van der Waals surface area (Å²) < 4.78 is 2.20.